The first-order valence-electron chi connectivity index (χ1n) is 8.18. The monoisotopic (exact) mass is 356 g/mol. The molecule has 3 aromatic rings. The molecule has 130 valence electrons. The maximum Gasteiger partial charge on any atom is 0.325 e. The van der Waals surface area contributed by atoms with Crippen molar-refractivity contribution in [3.63, 3.8) is 0 Å². The average Bonchev–Trinajstić information content (AvgIpc) is 3.46. The Hall–Kier alpha value is -4.04. The van der Waals surface area contributed by atoms with Gasteiger partial charge in [0.1, 0.15) is 17.5 Å². The van der Waals surface area contributed by atoms with Crippen LogP contribution in [-0.4, -0.2) is 25.1 Å². The lowest BCUT2D eigenvalue weighted by atomic mass is 10.1. The van der Waals surface area contributed by atoms with E-state index in [2.05, 4.69) is 37.0 Å². The first-order valence-corrected chi connectivity index (χ1v) is 8.18. The molecular weight excluding hydrogens is 344 g/mol. The number of nitrogens with zero attached hydrogens (tertiary/aromatic N) is 4. The second kappa shape index (κ2) is 6.70. The molecule has 4 rings (SSSR count). The minimum absolute atomic E-state index is 0.0481. The van der Waals surface area contributed by atoms with Crippen molar-refractivity contribution in [3.8, 4) is 29.2 Å². The summed E-state index contributed by atoms with van der Waals surface area (Å²) < 4.78 is 0. The molecule has 2 N–H and O–H groups in total. The zero-order chi connectivity index (χ0) is 18.8. The Bertz CT molecular complexity index is 1230. The van der Waals surface area contributed by atoms with Crippen LogP contribution in [0.1, 0.15) is 29.3 Å². The maximum atomic E-state index is 12.0. The van der Waals surface area contributed by atoms with Crippen molar-refractivity contribution < 1.29 is 0 Å². The van der Waals surface area contributed by atoms with Gasteiger partial charge in [-0.1, -0.05) is 12.0 Å². The molecule has 2 unspecified atom stereocenters. The third kappa shape index (κ3) is 3.37. The van der Waals surface area contributed by atoms with Crippen LogP contribution in [0.15, 0.2) is 46.2 Å². The van der Waals surface area contributed by atoms with Gasteiger partial charge >= 0.3 is 5.69 Å². The molecule has 1 fully saturated rings. The Morgan fingerprint density at radius 1 is 1.22 bits per heavy atom. The fourth-order valence-corrected chi connectivity index (χ4v) is 2.81. The SMILES string of the molecule is N#Cc1nnc(-c2c[nH]c(=O)[nH]c2=O)cc1C1CC1C#Cc1ccccn1. The first-order chi connectivity index (χ1) is 13.2. The topological polar surface area (TPSA) is 128 Å². The molecule has 2 atom stereocenters. The van der Waals surface area contributed by atoms with Gasteiger partial charge in [-0.25, -0.2) is 9.78 Å². The van der Waals surface area contributed by atoms with Gasteiger partial charge in [-0.15, -0.1) is 10.2 Å². The molecular formula is C19H12N6O2. The van der Waals surface area contributed by atoms with Gasteiger partial charge in [0.2, 0.25) is 0 Å². The molecule has 0 bridgehead atoms. The molecule has 0 spiro atoms. The number of pyridine rings is 1. The number of hydrogen-bond donors (Lipinski definition) is 2. The normalized spacial score (nSPS) is 17.4. The average molecular weight is 356 g/mol. The second-order valence-electron chi connectivity index (χ2n) is 6.06. The van der Waals surface area contributed by atoms with E-state index in [4.69, 9.17) is 0 Å². The molecule has 1 aliphatic carbocycles. The van der Waals surface area contributed by atoms with Gasteiger partial charge in [0.15, 0.2) is 5.69 Å². The van der Waals surface area contributed by atoms with Crippen molar-refractivity contribution in [2.75, 3.05) is 0 Å². The summed E-state index contributed by atoms with van der Waals surface area (Å²) >= 11 is 0. The van der Waals surface area contributed by atoms with E-state index < -0.39 is 11.2 Å². The van der Waals surface area contributed by atoms with Crippen LogP contribution < -0.4 is 11.2 Å². The minimum atomic E-state index is -0.599. The molecule has 8 heteroatoms. The smallest absolute Gasteiger partial charge is 0.313 e. The lowest BCUT2D eigenvalue weighted by Gasteiger charge is -2.04. The lowest BCUT2D eigenvalue weighted by molar-refractivity contribution is 0.936. The van der Waals surface area contributed by atoms with Crippen LogP contribution in [0.3, 0.4) is 0 Å². The van der Waals surface area contributed by atoms with Crippen LogP contribution in [-0.2, 0) is 0 Å². The van der Waals surface area contributed by atoms with Crippen LogP contribution in [0.5, 0.6) is 0 Å². The number of nitrogens with one attached hydrogen (secondary N) is 2. The van der Waals surface area contributed by atoms with E-state index in [0.29, 0.717) is 17.0 Å². The van der Waals surface area contributed by atoms with E-state index in [1.807, 2.05) is 24.3 Å². The van der Waals surface area contributed by atoms with Crippen molar-refractivity contribution in [2.24, 2.45) is 5.92 Å². The van der Waals surface area contributed by atoms with E-state index in [-0.39, 0.29) is 23.1 Å². The van der Waals surface area contributed by atoms with Gasteiger partial charge in [-0.2, -0.15) is 5.26 Å². The summed E-state index contributed by atoms with van der Waals surface area (Å²) in [5, 5.41) is 17.2. The highest BCUT2D eigenvalue weighted by molar-refractivity contribution is 5.59. The molecule has 0 aromatic carbocycles. The van der Waals surface area contributed by atoms with E-state index in [1.165, 1.54) is 6.20 Å². The summed E-state index contributed by atoms with van der Waals surface area (Å²) in [5.41, 5.74) is 0.926. The standard InChI is InChI=1S/C19H12N6O2/c20-9-17-14(13-7-11(13)4-5-12-3-1-2-6-21-12)8-16(24-25-17)15-10-22-19(27)23-18(15)26/h1-3,6,8,10-11,13H,7H2,(H2,22,23,26,27). The van der Waals surface area contributed by atoms with Crippen LogP contribution in [0, 0.1) is 29.1 Å². The zero-order valence-electron chi connectivity index (χ0n) is 13.9. The summed E-state index contributed by atoms with van der Waals surface area (Å²) in [7, 11) is 0. The summed E-state index contributed by atoms with van der Waals surface area (Å²) in [6, 6.07) is 9.23. The van der Waals surface area contributed by atoms with Gasteiger partial charge in [0, 0.05) is 24.2 Å². The molecule has 1 aliphatic rings. The Morgan fingerprint density at radius 2 is 2.11 bits per heavy atom. The summed E-state index contributed by atoms with van der Waals surface area (Å²) in [6.45, 7) is 0. The molecule has 3 heterocycles. The summed E-state index contributed by atoms with van der Waals surface area (Å²) in [5.74, 6) is 6.33. The molecule has 0 radical (unpaired) electrons. The fourth-order valence-electron chi connectivity index (χ4n) is 2.81. The van der Waals surface area contributed by atoms with E-state index in [0.717, 1.165) is 6.42 Å². The largest absolute Gasteiger partial charge is 0.325 e. The third-order valence-corrected chi connectivity index (χ3v) is 4.26. The summed E-state index contributed by atoms with van der Waals surface area (Å²) in [6.07, 6.45) is 3.76. The molecule has 0 saturated heterocycles. The Kier molecular flexibility index (Phi) is 4.07. The molecule has 3 aromatic heterocycles. The lowest BCUT2D eigenvalue weighted by Crippen LogP contribution is -2.23. The van der Waals surface area contributed by atoms with Crippen molar-refractivity contribution in [1.82, 2.24) is 25.1 Å². The van der Waals surface area contributed by atoms with Gasteiger partial charge < -0.3 is 4.98 Å². The Morgan fingerprint density at radius 3 is 2.85 bits per heavy atom. The molecule has 1 saturated carbocycles. The number of rotatable bonds is 2. The number of hydrogen-bond acceptors (Lipinski definition) is 6. The minimum Gasteiger partial charge on any atom is -0.313 e. The van der Waals surface area contributed by atoms with Crippen molar-refractivity contribution in [3.05, 3.63) is 74.4 Å². The zero-order valence-corrected chi connectivity index (χ0v) is 13.9. The number of nitriles is 1. The quantitative estimate of drug-likeness (QED) is 0.658. The number of aromatic amines is 2. The van der Waals surface area contributed by atoms with Crippen LogP contribution in [0.4, 0.5) is 0 Å². The predicted molar refractivity (Wildman–Crippen MR) is 95.4 cm³/mol. The van der Waals surface area contributed by atoms with Crippen LogP contribution in [0.25, 0.3) is 11.3 Å². The van der Waals surface area contributed by atoms with E-state index >= 15 is 0 Å². The van der Waals surface area contributed by atoms with Crippen molar-refractivity contribution >= 4 is 0 Å². The van der Waals surface area contributed by atoms with E-state index in [1.54, 1.807) is 12.3 Å². The number of H-pyrrole nitrogens is 2. The van der Waals surface area contributed by atoms with Gasteiger partial charge in [0.25, 0.3) is 5.56 Å². The second-order valence-corrected chi connectivity index (χ2v) is 6.06. The van der Waals surface area contributed by atoms with Gasteiger partial charge in [-0.05, 0) is 36.1 Å². The predicted octanol–water partition coefficient (Wildman–Crippen LogP) is 0.942. The van der Waals surface area contributed by atoms with Crippen molar-refractivity contribution in [2.45, 2.75) is 12.3 Å². The first kappa shape index (κ1) is 16.4. The molecule has 0 aliphatic heterocycles. The molecule has 0 amide bonds. The van der Waals surface area contributed by atoms with Gasteiger partial charge in [0.05, 0.1) is 5.56 Å². The fraction of sp³-hybridized carbons (Fsp3) is 0.158. The van der Waals surface area contributed by atoms with Crippen LogP contribution >= 0.6 is 0 Å². The molecule has 8 nitrogen and oxygen atoms in total. The Labute approximate surface area is 153 Å². The Balaban J connectivity index is 1.66. The molecule has 27 heavy (non-hydrogen) atoms. The summed E-state index contributed by atoms with van der Waals surface area (Å²) in [4.78, 5) is 31.9. The maximum absolute atomic E-state index is 12.0. The third-order valence-electron chi connectivity index (χ3n) is 4.26. The highest BCUT2D eigenvalue weighted by atomic mass is 16.2. The number of aromatic nitrogens is 5. The van der Waals surface area contributed by atoms with E-state index in [9.17, 15) is 14.9 Å². The highest BCUT2D eigenvalue weighted by Gasteiger charge is 2.39. The van der Waals surface area contributed by atoms with Crippen molar-refractivity contribution in [1.29, 1.82) is 5.26 Å². The van der Waals surface area contributed by atoms with Crippen LogP contribution in [0.2, 0.25) is 0 Å². The highest BCUT2D eigenvalue weighted by Crippen LogP contribution is 2.48. The van der Waals surface area contributed by atoms with Gasteiger partial charge in [-0.3, -0.25) is 9.78 Å².